The molecule has 0 fully saturated rings. The normalized spacial score (nSPS) is 10.6. The lowest BCUT2D eigenvalue weighted by Gasteiger charge is -2.07. The summed E-state index contributed by atoms with van der Waals surface area (Å²) in [5.74, 6) is 2.87. The van der Waals surface area contributed by atoms with E-state index in [4.69, 9.17) is 9.15 Å². The molecule has 0 aliphatic heterocycles. The number of furan rings is 1. The number of methoxy groups -OCH3 is 1. The van der Waals surface area contributed by atoms with E-state index in [1.54, 1.807) is 7.11 Å². The Morgan fingerprint density at radius 1 is 1.33 bits per heavy atom. The zero-order chi connectivity index (χ0) is 13.0. The van der Waals surface area contributed by atoms with Crippen molar-refractivity contribution in [1.29, 1.82) is 0 Å². The average Bonchev–Trinajstić information content (AvgIpc) is 2.76. The van der Waals surface area contributed by atoms with Crippen molar-refractivity contribution in [3.63, 3.8) is 0 Å². The number of ether oxygens (including phenoxy) is 1. The van der Waals surface area contributed by atoms with Crippen molar-refractivity contribution in [3.05, 3.63) is 29.7 Å². The van der Waals surface area contributed by atoms with Gasteiger partial charge in [0.15, 0.2) is 11.6 Å². The second-order valence-corrected chi connectivity index (χ2v) is 3.94. The number of nitrogens with zero attached hydrogens (tertiary/aromatic N) is 2. The molecule has 2 rings (SSSR count). The van der Waals surface area contributed by atoms with Crippen molar-refractivity contribution in [2.75, 3.05) is 19.0 Å². The maximum atomic E-state index is 5.54. The van der Waals surface area contributed by atoms with Gasteiger partial charge in [-0.15, -0.1) is 0 Å². The van der Waals surface area contributed by atoms with Crippen molar-refractivity contribution in [2.45, 2.75) is 20.5 Å². The monoisotopic (exact) mass is 247 g/mol. The van der Waals surface area contributed by atoms with Crippen LogP contribution in [-0.2, 0) is 11.3 Å². The number of hydrogen-bond acceptors (Lipinski definition) is 5. The van der Waals surface area contributed by atoms with E-state index < -0.39 is 0 Å². The van der Waals surface area contributed by atoms with Gasteiger partial charge in [-0.3, -0.25) is 0 Å². The molecule has 5 heteroatoms. The number of aryl methyl sites for hydroxylation is 1. The molecule has 0 spiro atoms. The highest BCUT2D eigenvalue weighted by atomic mass is 16.5. The predicted molar refractivity (Wildman–Crippen MR) is 69.3 cm³/mol. The molecular weight excluding hydrogens is 230 g/mol. The number of anilines is 1. The van der Waals surface area contributed by atoms with Gasteiger partial charge in [0.2, 0.25) is 0 Å². The van der Waals surface area contributed by atoms with Crippen molar-refractivity contribution in [1.82, 2.24) is 9.97 Å². The largest absolute Gasteiger partial charge is 0.458 e. The van der Waals surface area contributed by atoms with Gasteiger partial charge in [-0.05, 0) is 26.0 Å². The molecule has 0 aromatic carbocycles. The van der Waals surface area contributed by atoms with Gasteiger partial charge in [-0.2, -0.15) is 0 Å². The Labute approximate surface area is 106 Å². The topological polar surface area (TPSA) is 60.2 Å². The van der Waals surface area contributed by atoms with Crippen LogP contribution in [0.2, 0.25) is 0 Å². The van der Waals surface area contributed by atoms with E-state index in [-0.39, 0.29) is 0 Å². The van der Waals surface area contributed by atoms with Crippen LogP contribution in [0.5, 0.6) is 0 Å². The van der Waals surface area contributed by atoms with E-state index in [0.717, 1.165) is 23.8 Å². The van der Waals surface area contributed by atoms with Crippen LogP contribution in [0.1, 0.15) is 18.4 Å². The van der Waals surface area contributed by atoms with E-state index in [0.29, 0.717) is 18.2 Å². The van der Waals surface area contributed by atoms with Crippen LogP contribution >= 0.6 is 0 Å². The Bertz CT molecular complexity index is 498. The van der Waals surface area contributed by atoms with Crippen LogP contribution in [0.4, 0.5) is 5.82 Å². The van der Waals surface area contributed by atoms with Crippen LogP contribution in [0, 0.1) is 6.92 Å². The van der Waals surface area contributed by atoms with Crippen LogP contribution in [0.15, 0.2) is 22.6 Å². The molecule has 0 bridgehead atoms. The quantitative estimate of drug-likeness (QED) is 0.880. The average molecular weight is 247 g/mol. The molecule has 96 valence electrons. The fourth-order valence-electron chi connectivity index (χ4n) is 1.66. The second kappa shape index (κ2) is 5.64. The molecule has 0 saturated heterocycles. The smallest absolute Gasteiger partial charge is 0.197 e. The minimum absolute atomic E-state index is 0.452. The van der Waals surface area contributed by atoms with Gasteiger partial charge in [0.05, 0.1) is 12.3 Å². The molecule has 2 heterocycles. The lowest BCUT2D eigenvalue weighted by molar-refractivity contribution is 0.181. The molecule has 0 aliphatic rings. The Hall–Kier alpha value is -1.88. The van der Waals surface area contributed by atoms with Gasteiger partial charge in [0, 0.05) is 19.7 Å². The molecule has 1 N–H and O–H groups in total. The van der Waals surface area contributed by atoms with Crippen molar-refractivity contribution in [2.24, 2.45) is 0 Å². The van der Waals surface area contributed by atoms with Gasteiger partial charge in [-0.1, -0.05) is 0 Å². The highest BCUT2D eigenvalue weighted by molar-refractivity contribution is 5.51. The SMILES string of the molecule is CCNc1cc(COC)nc(-c2ccc(C)o2)n1. The Kier molecular flexibility index (Phi) is 3.94. The summed E-state index contributed by atoms with van der Waals surface area (Å²) >= 11 is 0. The molecular formula is C13H17N3O2. The molecule has 0 radical (unpaired) electrons. The number of aromatic nitrogens is 2. The lowest BCUT2D eigenvalue weighted by Crippen LogP contribution is -2.04. The van der Waals surface area contributed by atoms with E-state index in [2.05, 4.69) is 15.3 Å². The van der Waals surface area contributed by atoms with E-state index in [1.807, 2.05) is 32.0 Å². The summed E-state index contributed by atoms with van der Waals surface area (Å²) in [5.41, 5.74) is 0.826. The third kappa shape index (κ3) is 2.87. The first kappa shape index (κ1) is 12.6. The summed E-state index contributed by atoms with van der Waals surface area (Å²) in [4.78, 5) is 8.84. The molecule has 2 aromatic rings. The summed E-state index contributed by atoms with van der Waals surface area (Å²) in [6, 6.07) is 5.65. The van der Waals surface area contributed by atoms with Crippen LogP contribution in [0.3, 0.4) is 0 Å². The van der Waals surface area contributed by atoms with Gasteiger partial charge in [-0.25, -0.2) is 9.97 Å². The maximum absolute atomic E-state index is 5.54. The molecule has 18 heavy (non-hydrogen) atoms. The van der Waals surface area contributed by atoms with E-state index in [1.165, 1.54) is 0 Å². The summed E-state index contributed by atoms with van der Waals surface area (Å²) in [7, 11) is 1.64. The van der Waals surface area contributed by atoms with Crippen molar-refractivity contribution in [3.8, 4) is 11.6 Å². The van der Waals surface area contributed by atoms with Crippen LogP contribution in [0.25, 0.3) is 11.6 Å². The van der Waals surface area contributed by atoms with Gasteiger partial charge < -0.3 is 14.5 Å². The summed E-state index contributed by atoms with van der Waals surface area (Å²) in [6.07, 6.45) is 0. The maximum Gasteiger partial charge on any atom is 0.197 e. The first-order chi connectivity index (χ1) is 8.72. The zero-order valence-corrected chi connectivity index (χ0v) is 10.9. The lowest BCUT2D eigenvalue weighted by atomic mass is 10.3. The first-order valence-electron chi connectivity index (χ1n) is 5.90. The molecule has 2 aromatic heterocycles. The third-order valence-electron chi connectivity index (χ3n) is 2.39. The summed E-state index contributed by atoms with van der Waals surface area (Å²) in [5, 5.41) is 3.17. The minimum Gasteiger partial charge on any atom is -0.458 e. The number of rotatable bonds is 5. The number of hydrogen-bond donors (Lipinski definition) is 1. The van der Waals surface area contributed by atoms with Gasteiger partial charge in [0.1, 0.15) is 11.6 Å². The highest BCUT2D eigenvalue weighted by Crippen LogP contribution is 2.20. The highest BCUT2D eigenvalue weighted by Gasteiger charge is 2.09. The molecule has 0 aliphatic carbocycles. The van der Waals surface area contributed by atoms with Crippen LogP contribution < -0.4 is 5.32 Å². The molecule has 0 unspecified atom stereocenters. The molecule has 0 saturated carbocycles. The Morgan fingerprint density at radius 2 is 2.17 bits per heavy atom. The predicted octanol–water partition coefficient (Wildman–Crippen LogP) is 2.62. The first-order valence-corrected chi connectivity index (χ1v) is 5.90. The van der Waals surface area contributed by atoms with Crippen LogP contribution in [-0.4, -0.2) is 23.6 Å². The van der Waals surface area contributed by atoms with Crippen molar-refractivity contribution < 1.29 is 9.15 Å². The fourth-order valence-corrected chi connectivity index (χ4v) is 1.66. The Balaban J connectivity index is 2.39. The second-order valence-electron chi connectivity index (χ2n) is 3.94. The van der Waals surface area contributed by atoms with E-state index in [9.17, 15) is 0 Å². The van der Waals surface area contributed by atoms with E-state index >= 15 is 0 Å². The standard InChI is InChI=1S/C13H17N3O2/c1-4-14-12-7-10(8-17-3)15-13(16-12)11-6-5-9(2)18-11/h5-7H,4,8H2,1-3H3,(H,14,15,16). The molecule has 0 atom stereocenters. The minimum atomic E-state index is 0.452. The van der Waals surface area contributed by atoms with Gasteiger partial charge >= 0.3 is 0 Å². The molecule has 5 nitrogen and oxygen atoms in total. The summed E-state index contributed by atoms with van der Waals surface area (Å²) < 4.78 is 10.7. The third-order valence-corrected chi connectivity index (χ3v) is 2.39. The van der Waals surface area contributed by atoms with Crippen molar-refractivity contribution >= 4 is 5.82 Å². The Morgan fingerprint density at radius 3 is 2.78 bits per heavy atom. The zero-order valence-electron chi connectivity index (χ0n) is 10.9. The molecule has 0 amide bonds. The van der Waals surface area contributed by atoms with Gasteiger partial charge in [0.25, 0.3) is 0 Å². The fraction of sp³-hybridized carbons (Fsp3) is 0.385. The number of nitrogens with one attached hydrogen (secondary N) is 1. The summed E-state index contributed by atoms with van der Waals surface area (Å²) in [6.45, 7) is 5.18.